The van der Waals surface area contributed by atoms with Crippen molar-refractivity contribution in [1.29, 1.82) is 0 Å². The highest BCUT2D eigenvalue weighted by molar-refractivity contribution is 8.31. The fourth-order valence-electron chi connectivity index (χ4n) is 1.25. The summed E-state index contributed by atoms with van der Waals surface area (Å²) < 4.78 is 18.3. The van der Waals surface area contributed by atoms with Crippen LogP contribution in [0.25, 0.3) is 31.9 Å². The zero-order valence-electron chi connectivity index (χ0n) is 10.9. The average Bonchev–Trinajstić information content (AvgIpc) is 2.40. The molecule has 0 saturated carbocycles. The predicted octanol–water partition coefficient (Wildman–Crippen LogP) is 3.56. The molecule has 0 aromatic carbocycles. The lowest BCUT2D eigenvalue weighted by molar-refractivity contribution is -0.114. The van der Waals surface area contributed by atoms with Gasteiger partial charge in [0.1, 0.15) is 0 Å². The molecule has 0 bridgehead atoms. The molecule has 0 saturated heterocycles. The topological polar surface area (TPSA) is 186 Å². The van der Waals surface area contributed by atoms with Gasteiger partial charge in [-0.25, -0.2) is 0 Å². The van der Waals surface area contributed by atoms with Crippen LogP contribution >= 0.6 is 21.4 Å². The number of carbonyl (C=O) groups is 2. The van der Waals surface area contributed by atoms with Gasteiger partial charge in [0.05, 0.1) is 0 Å². The summed E-state index contributed by atoms with van der Waals surface area (Å²) in [7, 11) is 4.81. The third kappa shape index (κ3) is 12.9. The minimum atomic E-state index is -3.72. The zero-order valence-corrected chi connectivity index (χ0v) is 13.3. The quantitative estimate of drug-likeness (QED) is 0.270. The average molecular weight is 377 g/mol. The number of hydrogen-bond donors (Lipinski definition) is 0. The van der Waals surface area contributed by atoms with Crippen molar-refractivity contribution in [1.82, 2.24) is 0 Å². The Morgan fingerprint density at radius 2 is 1.00 bits per heavy atom. The van der Waals surface area contributed by atoms with Crippen molar-refractivity contribution < 1.29 is 18.0 Å². The Hall–Kier alpha value is -2.55. The predicted molar refractivity (Wildman–Crippen MR) is 85.2 cm³/mol. The van der Waals surface area contributed by atoms with E-state index in [1.165, 1.54) is 22.0 Å². The maximum atomic E-state index is 11.2. The lowest BCUT2D eigenvalue weighted by Gasteiger charge is -2.11. The minimum absolute atomic E-state index is 0.0924. The highest BCUT2D eigenvalue weighted by Gasteiger charge is 2.20. The van der Waals surface area contributed by atoms with Gasteiger partial charge in [0.25, 0.3) is 0 Å². The Kier molecular flexibility index (Phi) is 11.9. The molecule has 0 unspecified atom stereocenters. The van der Waals surface area contributed by atoms with Crippen LogP contribution < -0.4 is 0 Å². The van der Waals surface area contributed by atoms with E-state index in [1.54, 1.807) is 24.3 Å². The number of fused-ring (bicyclic) bond motifs is 1. The Bertz CT molecular complexity index is 696. The van der Waals surface area contributed by atoms with Gasteiger partial charge in [-0.3, -0.25) is 19.4 Å². The number of carbonyl (C=O) groups excluding carboxylic acids is 2. The summed E-state index contributed by atoms with van der Waals surface area (Å²) in [6.07, 6.45) is 9.46. The molecule has 0 aliphatic heterocycles. The van der Waals surface area contributed by atoms with Crippen LogP contribution in [0.1, 0.15) is 0 Å². The van der Waals surface area contributed by atoms with Gasteiger partial charge in [-0.05, 0) is 12.2 Å². The molecule has 0 atom stereocenters. The molecule has 2 aliphatic rings. The van der Waals surface area contributed by atoms with Crippen molar-refractivity contribution in [2.45, 2.75) is 0 Å². The number of hydrogen-bond acceptors (Lipinski definition) is 4. The second-order valence-corrected chi connectivity index (χ2v) is 6.83. The fourth-order valence-corrected chi connectivity index (χ4v) is 1.25. The number of allylic oxidation sites excluding steroid dienone is 8. The van der Waals surface area contributed by atoms with Crippen LogP contribution in [0.2, 0.25) is 0 Å². The van der Waals surface area contributed by atoms with E-state index in [1.807, 2.05) is 0 Å². The monoisotopic (exact) mass is 376 g/mol. The molecule has 10 nitrogen and oxygen atoms in total. The first-order valence-electron chi connectivity index (χ1n) is 5.09. The van der Waals surface area contributed by atoms with E-state index < -0.39 is 8.26 Å². The number of halogens is 2. The molecule has 13 heteroatoms. The standard InChI is InChI=1S/C10H6O2.Cl2O2S.2N3/c11-9-5-1-3-7-8(9)4-2-6-10(7)12;1-5(2,3)4;2*1-3-2/h1-6H;;;/q;;2*-1. The molecule has 0 aromatic rings. The molecular weight excluding hydrogens is 371 g/mol. The Labute approximate surface area is 139 Å². The number of rotatable bonds is 0. The van der Waals surface area contributed by atoms with Gasteiger partial charge in [-0.1, -0.05) is 24.3 Å². The Morgan fingerprint density at radius 3 is 1.22 bits per heavy atom. The van der Waals surface area contributed by atoms with E-state index in [0.29, 0.717) is 11.1 Å². The minimum Gasteiger partial charge on any atom is -0.373 e. The first-order valence-corrected chi connectivity index (χ1v) is 8.22. The molecule has 0 heterocycles. The molecule has 0 fully saturated rings. The summed E-state index contributed by atoms with van der Waals surface area (Å²) in [4.78, 5) is 25.4. The SMILES string of the molecule is O=C1C=CC=C2C(=O)C=CC=C12.O=S(=O)(Cl)Cl.[N-]=[N+]=[N-].[N-]=[N+]=[N-]. The maximum Gasteiger partial charge on any atom is 0.317 e. The van der Waals surface area contributed by atoms with E-state index in [9.17, 15) is 9.59 Å². The van der Waals surface area contributed by atoms with Crippen LogP contribution in [-0.2, 0) is 17.9 Å². The number of nitrogens with zero attached hydrogens (tertiary/aromatic N) is 6. The molecular formula is C10H6Cl2N6O4S-2. The van der Waals surface area contributed by atoms with Crippen LogP contribution in [0.5, 0.6) is 0 Å². The lowest BCUT2D eigenvalue weighted by atomic mass is 9.90. The Balaban J connectivity index is 0. The smallest absolute Gasteiger partial charge is 0.317 e. The van der Waals surface area contributed by atoms with E-state index in [-0.39, 0.29) is 11.6 Å². The van der Waals surface area contributed by atoms with Gasteiger partial charge in [0.15, 0.2) is 11.6 Å². The van der Waals surface area contributed by atoms with Gasteiger partial charge < -0.3 is 22.1 Å². The van der Waals surface area contributed by atoms with Crippen LogP contribution in [0, 0.1) is 0 Å². The normalized spacial score (nSPS) is 13.8. The summed E-state index contributed by atoms with van der Waals surface area (Å²) in [5.41, 5.74) is 28.0. The first kappa shape index (κ1) is 22.7. The van der Waals surface area contributed by atoms with Gasteiger partial charge >= 0.3 is 8.26 Å². The van der Waals surface area contributed by atoms with E-state index >= 15 is 0 Å². The van der Waals surface area contributed by atoms with E-state index in [2.05, 4.69) is 21.4 Å². The molecule has 0 aromatic heterocycles. The molecule has 2 aliphatic carbocycles. The summed E-state index contributed by atoms with van der Waals surface area (Å²) in [6, 6.07) is 0. The highest BCUT2D eigenvalue weighted by Crippen LogP contribution is 2.21. The zero-order chi connectivity index (χ0) is 18.5. The summed E-state index contributed by atoms with van der Waals surface area (Å²) in [5.74, 6) is -0.185. The highest BCUT2D eigenvalue weighted by atomic mass is 36.0. The molecule has 0 amide bonds. The van der Waals surface area contributed by atoms with Crippen LogP contribution in [-0.4, -0.2) is 20.0 Å². The van der Waals surface area contributed by atoms with Gasteiger partial charge in [-0.15, -0.1) is 0 Å². The van der Waals surface area contributed by atoms with Gasteiger partial charge in [-0.2, -0.15) is 8.42 Å². The lowest BCUT2D eigenvalue weighted by Crippen LogP contribution is -2.13. The molecule has 0 radical (unpaired) electrons. The van der Waals surface area contributed by atoms with Crippen molar-refractivity contribution in [2.75, 3.05) is 0 Å². The van der Waals surface area contributed by atoms with Crippen molar-refractivity contribution >= 4 is 41.2 Å². The van der Waals surface area contributed by atoms with Crippen molar-refractivity contribution in [3.05, 3.63) is 79.6 Å². The summed E-state index contributed by atoms with van der Waals surface area (Å²) in [6.45, 7) is 0. The van der Waals surface area contributed by atoms with Crippen molar-refractivity contribution in [2.24, 2.45) is 0 Å². The third-order valence-corrected chi connectivity index (χ3v) is 1.84. The van der Waals surface area contributed by atoms with E-state index in [4.69, 9.17) is 30.5 Å². The maximum absolute atomic E-state index is 11.2. The molecule has 2 rings (SSSR count). The first-order chi connectivity index (χ1) is 10.6. The fraction of sp³-hybridized carbons (Fsp3) is 0. The summed E-state index contributed by atoms with van der Waals surface area (Å²) in [5, 5.41) is 0. The largest absolute Gasteiger partial charge is 0.373 e. The Morgan fingerprint density at radius 1 is 0.783 bits per heavy atom. The second kappa shape index (κ2) is 12.0. The summed E-state index contributed by atoms with van der Waals surface area (Å²) >= 11 is 0. The van der Waals surface area contributed by atoms with Crippen LogP contribution in [0.3, 0.4) is 0 Å². The molecule has 23 heavy (non-hydrogen) atoms. The molecule has 122 valence electrons. The third-order valence-electron chi connectivity index (χ3n) is 1.84. The number of ketones is 2. The van der Waals surface area contributed by atoms with Crippen molar-refractivity contribution in [3.63, 3.8) is 0 Å². The second-order valence-electron chi connectivity index (χ2n) is 3.16. The van der Waals surface area contributed by atoms with Crippen molar-refractivity contribution in [3.8, 4) is 0 Å². The molecule has 0 spiro atoms. The van der Waals surface area contributed by atoms with Gasteiger partial charge in [0.2, 0.25) is 0 Å². The van der Waals surface area contributed by atoms with Crippen LogP contribution in [0.4, 0.5) is 0 Å². The van der Waals surface area contributed by atoms with Crippen LogP contribution in [0.15, 0.2) is 47.6 Å². The van der Waals surface area contributed by atoms with Gasteiger partial charge in [0, 0.05) is 32.5 Å². The molecule has 0 N–H and O–H groups in total. The van der Waals surface area contributed by atoms with E-state index in [0.717, 1.165) is 0 Å².